The maximum absolute atomic E-state index is 5.20. The molecule has 1 unspecified atom stereocenters. The zero-order chi connectivity index (χ0) is 15.9. The van der Waals surface area contributed by atoms with Gasteiger partial charge in [-0.05, 0) is 54.2 Å². The molecule has 1 atom stereocenters. The molecule has 2 aromatic carbocycles. The van der Waals surface area contributed by atoms with Crippen molar-refractivity contribution >= 4 is 0 Å². The van der Waals surface area contributed by atoms with Gasteiger partial charge < -0.3 is 10.1 Å². The largest absolute Gasteiger partial charge is 0.497 e. The van der Waals surface area contributed by atoms with E-state index in [0.717, 1.165) is 25.1 Å². The molecule has 0 aromatic heterocycles. The first-order valence-corrected chi connectivity index (χ1v) is 8.15. The van der Waals surface area contributed by atoms with Crippen LogP contribution in [0.15, 0.2) is 42.5 Å². The summed E-state index contributed by atoms with van der Waals surface area (Å²) in [5.74, 6) is 0.903. The Balaban J connectivity index is 2.03. The van der Waals surface area contributed by atoms with E-state index >= 15 is 0 Å². The van der Waals surface area contributed by atoms with Crippen LogP contribution in [0, 0.1) is 0 Å². The molecule has 0 amide bonds. The van der Waals surface area contributed by atoms with Gasteiger partial charge in [-0.2, -0.15) is 0 Å². The van der Waals surface area contributed by atoms with Crippen molar-refractivity contribution in [3.63, 3.8) is 0 Å². The number of nitrogens with one attached hydrogen (secondary N) is 1. The smallest absolute Gasteiger partial charge is 0.118 e. The Bertz CT molecular complexity index is 589. The van der Waals surface area contributed by atoms with E-state index in [-0.39, 0.29) is 0 Å². The van der Waals surface area contributed by atoms with Crippen LogP contribution >= 0.6 is 0 Å². The van der Waals surface area contributed by atoms with Gasteiger partial charge in [-0.15, -0.1) is 0 Å². The van der Waals surface area contributed by atoms with Gasteiger partial charge in [-0.1, -0.05) is 44.2 Å². The third-order valence-electron chi connectivity index (χ3n) is 4.23. The van der Waals surface area contributed by atoms with E-state index in [1.54, 1.807) is 7.11 Å². The van der Waals surface area contributed by atoms with E-state index in [2.05, 4.69) is 56.4 Å². The second-order valence-electron chi connectivity index (χ2n) is 5.69. The minimum absolute atomic E-state index is 0.350. The zero-order valence-electron chi connectivity index (χ0n) is 14.1. The summed E-state index contributed by atoms with van der Waals surface area (Å²) >= 11 is 0. The molecule has 0 saturated heterocycles. The molecule has 22 heavy (non-hydrogen) atoms. The summed E-state index contributed by atoms with van der Waals surface area (Å²) in [6.07, 6.45) is 2.18. The van der Waals surface area contributed by atoms with Crippen molar-refractivity contribution in [1.29, 1.82) is 0 Å². The van der Waals surface area contributed by atoms with E-state index < -0.39 is 0 Å². The number of ether oxygens (including phenoxy) is 1. The molecular weight excluding hydrogens is 270 g/mol. The van der Waals surface area contributed by atoms with E-state index in [4.69, 9.17) is 4.74 Å². The zero-order valence-corrected chi connectivity index (χ0v) is 14.1. The maximum Gasteiger partial charge on any atom is 0.118 e. The van der Waals surface area contributed by atoms with Crippen LogP contribution in [0.25, 0.3) is 0 Å². The summed E-state index contributed by atoms with van der Waals surface area (Å²) in [5, 5.41) is 3.62. The highest BCUT2D eigenvalue weighted by molar-refractivity contribution is 5.34. The van der Waals surface area contributed by atoms with E-state index in [1.165, 1.54) is 22.3 Å². The number of aryl methyl sites for hydroxylation is 2. The van der Waals surface area contributed by atoms with E-state index in [0.29, 0.717) is 6.04 Å². The molecule has 0 fully saturated rings. The van der Waals surface area contributed by atoms with Gasteiger partial charge in [-0.25, -0.2) is 0 Å². The molecule has 0 aliphatic rings. The molecule has 2 nitrogen and oxygen atoms in total. The van der Waals surface area contributed by atoms with Crippen LogP contribution in [0.5, 0.6) is 5.75 Å². The third kappa shape index (κ3) is 4.11. The lowest BCUT2D eigenvalue weighted by Crippen LogP contribution is -2.19. The lowest BCUT2D eigenvalue weighted by Gasteiger charge is -2.19. The Labute approximate surface area is 134 Å². The first-order valence-electron chi connectivity index (χ1n) is 8.15. The lowest BCUT2D eigenvalue weighted by molar-refractivity contribution is 0.414. The van der Waals surface area contributed by atoms with Gasteiger partial charge in [-0.3, -0.25) is 0 Å². The molecule has 2 rings (SSSR count). The standard InChI is InChI=1S/C20H27NO/c1-5-16-9-12-20(18(6-2)13-16)15(3)21-14-17-7-10-19(22-4)11-8-17/h7-13,15,21H,5-6,14H2,1-4H3. The van der Waals surface area contributed by atoms with Gasteiger partial charge in [0, 0.05) is 12.6 Å². The van der Waals surface area contributed by atoms with Crippen LogP contribution in [-0.2, 0) is 19.4 Å². The fourth-order valence-electron chi connectivity index (χ4n) is 2.73. The van der Waals surface area contributed by atoms with Crippen LogP contribution < -0.4 is 10.1 Å². The second-order valence-corrected chi connectivity index (χ2v) is 5.69. The van der Waals surface area contributed by atoms with Crippen LogP contribution in [0.1, 0.15) is 49.1 Å². The first kappa shape index (κ1) is 16.6. The number of rotatable bonds is 7. The predicted octanol–water partition coefficient (Wildman–Crippen LogP) is 4.67. The topological polar surface area (TPSA) is 21.3 Å². The van der Waals surface area contributed by atoms with Crippen molar-refractivity contribution in [2.75, 3.05) is 7.11 Å². The molecule has 0 bridgehead atoms. The average molecular weight is 297 g/mol. The molecule has 0 saturated carbocycles. The molecule has 0 radical (unpaired) electrons. The first-order chi connectivity index (χ1) is 10.7. The Morgan fingerprint density at radius 3 is 2.23 bits per heavy atom. The number of hydrogen-bond acceptors (Lipinski definition) is 2. The minimum atomic E-state index is 0.350. The number of hydrogen-bond donors (Lipinski definition) is 1. The Morgan fingerprint density at radius 2 is 1.64 bits per heavy atom. The predicted molar refractivity (Wildman–Crippen MR) is 93.4 cm³/mol. The van der Waals surface area contributed by atoms with Gasteiger partial charge in [0.2, 0.25) is 0 Å². The number of methoxy groups -OCH3 is 1. The van der Waals surface area contributed by atoms with Crippen molar-refractivity contribution in [1.82, 2.24) is 5.32 Å². The monoisotopic (exact) mass is 297 g/mol. The summed E-state index contributed by atoms with van der Waals surface area (Å²) in [6.45, 7) is 7.54. The summed E-state index contributed by atoms with van der Waals surface area (Å²) in [4.78, 5) is 0. The van der Waals surface area contributed by atoms with Gasteiger partial charge in [0.25, 0.3) is 0 Å². The Hall–Kier alpha value is -1.80. The fourth-order valence-corrected chi connectivity index (χ4v) is 2.73. The highest BCUT2D eigenvalue weighted by Gasteiger charge is 2.10. The van der Waals surface area contributed by atoms with Crippen molar-refractivity contribution in [2.45, 2.75) is 46.2 Å². The summed E-state index contributed by atoms with van der Waals surface area (Å²) in [7, 11) is 1.70. The molecule has 1 N–H and O–H groups in total. The van der Waals surface area contributed by atoms with E-state index in [9.17, 15) is 0 Å². The molecular formula is C20H27NO. The minimum Gasteiger partial charge on any atom is -0.497 e. The molecule has 0 aliphatic heterocycles. The highest BCUT2D eigenvalue weighted by atomic mass is 16.5. The summed E-state index contributed by atoms with van der Waals surface area (Å²) < 4.78 is 5.20. The molecule has 2 aromatic rings. The van der Waals surface area contributed by atoms with E-state index in [1.807, 2.05) is 12.1 Å². The normalized spacial score (nSPS) is 12.2. The SMILES string of the molecule is CCc1ccc(C(C)NCc2ccc(OC)cc2)c(CC)c1. The molecule has 2 heteroatoms. The fraction of sp³-hybridized carbons (Fsp3) is 0.400. The maximum atomic E-state index is 5.20. The van der Waals surface area contributed by atoms with Crippen LogP contribution in [-0.4, -0.2) is 7.11 Å². The molecule has 118 valence electrons. The summed E-state index contributed by atoms with van der Waals surface area (Å²) in [6, 6.07) is 15.5. The van der Waals surface area contributed by atoms with Gasteiger partial charge in [0.1, 0.15) is 5.75 Å². The molecule has 0 heterocycles. The average Bonchev–Trinajstić information content (AvgIpc) is 2.59. The van der Waals surface area contributed by atoms with Crippen molar-refractivity contribution in [3.05, 3.63) is 64.7 Å². The molecule has 0 spiro atoms. The van der Waals surface area contributed by atoms with Crippen LogP contribution in [0.4, 0.5) is 0 Å². The number of benzene rings is 2. The van der Waals surface area contributed by atoms with Crippen molar-refractivity contribution in [3.8, 4) is 5.75 Å². The second kappa shape index (κ2) is 8.00. The van der Waals surface area contributed by atoms with Crippen LogP contribution in [0.3, 0.4) is 0 Å². The molecule has 0 aliphatic carbocycles. The Morgan fingerprint density at radius 1 is 0.955 bits per heavy atom. The van der Waals surface area contributed by atoms with Gasteiger partial charge in [0.05, 0.1) is 7.11 Å². The lowest BCUT2D eigenvalue weighted by atomic mass is 9.96. The van der Waals surface area contributed by atoms with Crippen molar-refractivity contribution in [2.24, 2.45) is 0 Å². The third-order valence-corrected chi connectivity index (χ3v) is 4.23. The van der Waals surface area contributed by atoms with Gasteiger partial charge in [0.15, 0.2) is 0 Å². The Kier molecular flexibility index (Phi) is 6.02. The quantitative estimate of drug-likeness (QED) is 0.802. The van der Waals surface area contributed by atoms with Gasteiger partial charge >= 0.3 is 0 Å². The van der Waals surface area contributed by atoms with Crippen molar-refractivity contribution < 1.29 is 4.74 Å². The highest BCUT2D eigenvalue weighted by Crippen LogP contribution is 2.21. The summed E-state index contributed by atoms with van der Waals surface area (Å²) in [5.41, 5.74) is 5.56. The van der Waals surface area contributed by atoms with Crippen LogP contribution in [0.2, 0.25) is 0 Å².